The molecule has 1 aliphatic carbocycles. The Morgan fingerprint density at radius 2 is 2.29 bits per heavy atom. The lowest BCUT2D eigenvalue weighted by Crippen LogP contribution is -2.22. The van der Waals surface area contributed by atoms with Gasteiger partial charge in [0.25, 0.3) is 0 Å². The first-order valence-electron chi connectivity index (χ1n) is 6.31. The molecule has 17 heavy (non-hydrogen) atoms. The number of hydrogen-bond acceptors (Lipinski definition) is 3. The molecule has 0 aromatic carbocycles. The maximum atomic E-state index is 11.3. The van der Waals surface area contributed by atoms with Gasteiger partial charge in [0.1, 0.15) is 6.29 Å². The summed E-state index contributed by atoms with van der Waals surface area (Å²) < 4.78 is 4.92. The first-order chi connectivity index (χ1) is 8.02. The van der Waals surface area contributed by atoms with Crippen molar-refractivity contribution in [2.45, 2.75) is 46.5 Å². The van der Waals surface area contributed by atoms with Gasteiger partial charge in [-0.15, -0.1) is 0 Å². The number of rotatable bonds is 6. The van der Waals surface area contributed by atoms with Gasteiger partial charge in [-0.3, -0.25) is 4.79 Å². The van der Waals surface area contributed by atoms with Crippen LogP contribution in [0.5, 0.6) is 0 Å². The molecule has 3 nitrogen and oxygen atoms in total. The predicted octanol–water partition coefficient (Wildman–Crippen LogP) is 2.89. The summed E-state index contributed by atoms with van der Waals surface area (Å²) >= 11 is 0. The Labute approximate surface area is 103 Å². The molecule has 0 aromatic rings. The molecule has 0 N–H and O–H groups in total. The topological polar surface area (TPSA) is 43.4 Å². The number of allylic oxidation sites excluding steroid dienone is 2. The third-order valence-corrected chi connectivity index (χ3v) is 3.78. The number of aldehydes is 1. The Bertz CT molecular complexity index is 315. The lowest BCUT2D eigenvalue weighted by molar-refractivity contribution is -0.143. The van der Waals surface area contributed by atoms with Gasteiger partial charge in [-0.05, 0) is 31.1 Å². The van der Waals surface area contributed by atoms with Crippen LogP contribution in [0.3, 0.4) is 0 Å². The molecule has 0 amide bonds. The van der Waals surface area contributed by atoms with E-state index < -0.39 is 0 Å². The maximum Gasteiger partial charge on any atom is 0.306 e. The van der Waals surface area contributed by atoms with Crippen LogP contribution in [-0.4, -0.2) is 18.9 Å². The molecule has 0 bridgehead atoms. The molecule has 0 fully saturated rings. The van der Waals surface area contributed by atoms with Gasteiger partial charge in [0.15, 0.2) is 0 Å². The number of ether oxygens (including phenoxy) is 1. The number of carbonyl (C=O) groups excluding carboxylic acids is 2. The highest BCUT2D eigenvalue weighted by atomic mass is 16.5. The summed E-state index contributed by atoms with van der Waals surface area (Å²) in [5.74, 6) is 0.250. The average Bonchev–Trinajstić information content (AvgIpc) is 2.53. The van der Waals surface area contributed by atoms with Crippen molar-refractivity contribution in [1.82, 2.24) is 0 Å². The fourth-order valence-corrected chi connectivity index (χ4v) is 2.51. The minimum Gasteiger partial charge on any atom is -0.466 e. The monoisotopic (exact) mass is 238 g/mol. The van der Waals surface area contributed by atoms with Crippen molar-refractivity contribution in [3.63, 3.8) is 0 Å². The fraction of sp³-hybridized carbons (Fsp3) is 0.714. The van der Waals surface area contributed by atoms with E-state index in [4.69, 9.17) is 4.74 Å². The molecule has 0 radical (unpaired) electrons. The molecular weight excluding hydrogens is 216 g/mol. The van der Waals surface area contributed by atoms with Gasteiger partial charge in [-0.25, -0.2) is 0 Å². The second kappa shape index (κ2) is 5.99. The fourth-order valence-electron chi connectivity index (χ4n) is 2.51. The van der Waals surface area contributed by atoms with Crippen LogP contribution in [0.1, 0.15) is 46.5 Å². The number of hydrogen-bond donors (Lipinski definition) is 0. The molecule has 3 heteroatoms. The maximum absolute atomic E-state index is 11.3. The van der Waals surface area contributed by atoms with Crippen LogP contribution < -0.4 is 0 Å². The SMILES string of the molecule is CCOC(=O)CCC1=CC[C@H](CC=O)C1(C)C. The lowest BCUT2D eigenvalue weighted by Gasteiger charge is -2.29. The molecular formula is C14H22O3. The van der Waals surface area contributed by atoms with Crippen molar-refractivity contribution in [2.24, 2.45) is 11.3 Å². The van der Waals surface area contributed by atoms with Crippen LogP contribution in [0, 0.1) is 11.3 Å². The molecule has 96 valence electrons. The second-order valence-corrected chi connectivity index (χ2v) is 5.09. The summed E-state index contributed by atoms with van der Waals surface area (Å²) in [5.41, 5.74) is 1.32. The third-order valence-electron chi connectivity index (χ3n) is 3.78. The number of esters is 1. The Kier molecular flexibility index (Phi) is 4.91. The predicted molar refractivity (Wildman–Crippen MR) is 66.5 cm³/mol. The molecule has 0 aliphatic heterocycles. The van der Waals surface area contributed by atoms with Gasteiger partial charge >= 0.3 is 5.97 Å². The van der Waals surface area contributed by atoms with Crippen molar-refractivity contribution in [3.8, 4) is 0 Å². The zero-order valence-corrected chi connectivity index (χ0v) is 11.0. The van der Waals surface area contributed by atoms with Gasteiger partial charge in [0.05, 0.1) is 6.61 Å². The summed E-state index contributed by atoms with van der Waals surface area (Å²) in [6, 6.07) is 0. The van der Waals surface area contributed by atoms with Gasteiger partial charge in [-0.1, -0.05) is 25.5 Å². The van der Waals surface area contributed by atoms with E-state index in [1.165, 1.54) is 5.57 Å². The van der Waals surface area contributed by atoms with E-state index in [2.05, 4.69) is 19.9 Å². The zero-order chi connectivity index (χ0) is 12.9. The van der Waals surface area contributed by atoms with E-state index in [0.29, 0.717) is 25.4 Å². The Morgan fingerprint density at radius 1 is 1.59 bits per heavy atom. The minimum atomic E-state index is -0.136. The van der Waals surface area contributed by atoms with Crippen molar-refractivity contribution in [1.29, 1.82) is 0 Å². The summed E-state index contributed by atoms with van der Waals surface area (Å²) in [6.07, 6.45) is 5.93. The second-order valence-electron chi connectivity index (χ2n) is 5.09. The van der Waals surface area contributed by atoms with Crippen LogP contribution in [0.2, 0.25) is 0 Å². The molecule has 1 aliphatic rings. The minimum absolute atomic E-state index is 0.0351. The summed E-state index contributed by atoms with van der Waals surface area (Å²) in [7, 11) is 0. The van der Waals surface area contributed by atoms with Gasteiger partial charge in [0.2, 0.25) is 0 Å². The van der Waals surface area contributed by atoms with Gasteiger partial charge in [0, 0.05) is 12.8 Å². The van der Waals surface area contributed by atoms with Crippen LogP contribution >= 0.6 is 0 Å². The first kappa shape index (κ1) is 13.9. The van der Waals surface area contributed by atoms with E-state index in [-0.39, 0.29) is 11.4 Å². The van der Waals surface area contributed by atoms with Crippen LogP contribution in [0.15, 0.2) is 11.6 Å². The van der Waals surface area contributed by atoms with Crippen molar-refractivity contribution >= 4 is 12.3 Å². The van der Waals surface area contributed by atoms with Gasteiger partial charge in [-0.2, -0.15) is 0 Å². The zero-order valence-electron chi connectivity index (χ0n) is 11.0. The molecule has 1 rings (SSSR count). The lowest BCUT2D eigenvalue weighted by atomic mass is 9.75. The molecule has 0 spiro atoms. The van der Waals surface area contributed by atoms with E-state index in [1.54, 1.807) is 0 Å². The van der Waals surface area contributed by atoms with Crippen LogP contribution in [0.25, 0.3) is 0 Å². The summed E-state index contributed by atoms with van der Waals surface area (Å²) in [4.78, 5) is 21.9. The van der Waals surface area contributed by atoms with Crippen LogP contribution in [-0.2, 0) is 14.3 Å². The molecule has 0 saturated heterocycles. The van der Waals surface area contributed by atoms with Crippen LogP contribution in [0.4, 0.5) is 0 Å². The Balaban J connectivity index is 2.50. The van der Waals surface area contributed by atoms with E-state index in [1.807, 2.05) is 6.92 Å². The summed E-state index contributed by atoms with van der Waals surface area (Å²) in [5, 5.41) is 0. The Morgan fingerprint density at radius 3 is 2.88 bits per heavy atom. The highest BCUT2D eigenvalue weighted by molar-refractivity contribution is 5.69. The van der Waals surface area contributed by atoms with Crippen molar-refractivity contribution < 1.29 is 14.3 Å². The van der Waals surface area contributed by atoms with E-state index in [0.717, 1.165) is 19.1 Å². The first-order valence-corrected chi connectivity index (χ1v) is 6.31. The van der Waals surface area contributed by atoms with Crippen molar-refractivity contribution in [2.75, 3.05) is 6.61 Å². The molecule has 0 saturated carbocycles. The highest BCUT2D eigenvalue weighted by Gasteiger charge is 2.36. The normalized spacial score (nSPS) is 22.1. The highest BCUT2D eigenvalue weighted by Crippen LogP contribution is 2.46. The molecule has 1 atom stereocenters. The molecule has 0 heterocycles. The number of carbonyl (C=O) groups is 2. The Hall–Kier alpha value is -1.12. The van der Waals surface area contributed by atoms with E-state index >= 15 is 0 Å². The van der Waals surface area contributed by atoms with Crippen molar-refractivity contribution in [3.05, 3.63) is 11.6 Å². The molecule has 0 unspecified atom stereocenters. The largest absolute Gasteiger partial charge is 0.466 e. The van der Waals surface area contributed by atoms with E-state index in [9.17, 15) is 9.59 Å². The standard InChI is InChI=1S/C14H22O3/c1-4-17-13(16)8-7-11-5-6-12(9-10-15)14(11,2)3/h5,10,12H,4,6-9H2,1-3H3/t12-/m1/s1. The smallest absolute Gasteiger partial charge is 0.306 e. The summed E-state index contributed by atoms with van der Waals surface area (Å²) in [6.45, 7) is 6.57. The average molecular weight is 238 g/mol. The quantitative estimate of drug-likeness (QED) is 0.406. The third kappa shape index (κ3) is 3.42. The molecule has 0 aromatic heterocycles. The van der Waals surface area contributed by atoms with Gasteiger partial charge < -0.3 is 9.53 Å².